The predicted molar refractivity (Wildman–Crippen MR) is 89.8 cm³/mol. The van der Waals surface area contributed by atoms with E-state index in [1.54, 1.807) is 12.1 Å². The second-order valence-electron chi connectivity index (χ2n) is 4.98. The topological polar surface area (TPSA) is 110 Å². The lowest BCUT2D eigenvalue weighted by atomic mass is 10.4. The maximum atomic E-state index is 11.6. The van der Waals surface area contributed by atoms with Crippen molar-refractivity contribution in [3.05, 3.63) is 36.4 Å². The minimum absolute atomic E-state index is 0.646. The van der Waals surface area contributed by atoms with E-state index in [-0.39, 0.29) is 0 Å². The highest BCUT2D eigenvalue weighted by atomic mass is 32.2. The van der Waals surface area contributed by atoms with Gasteiger partial charge in [-0.3, -0.25) is 0 Å². The summed E-state index contributed by atoms with van der Waals surface area (Å²) in [5, 5.41) is 7.36. The van der Waals surface area contributed by atoms with E-state index in [1.807, 2.05) is 6.92 Å². The van der Waals surface area contributed by atoms with E-state index in [0.717, 1.165) is 16.8 Å². The first-order chi connectivity index (χ1) is 11.0. The fraction of sp³-hybridized carbons (Fsp3) is 0.500. The van der Waals surface area contributed by atoms with Crippen LogP contribution in [0.1, 0.15) is 12.6 Å². The molecule has 0 aromatic carbocycles. The van der Waals surface area contributed by atoms with Crippen LogP contribution < -0.4 is 0 Å². The summed E-state index contributed by atoms with van der Waals surface area (Å²) in [6.45, 7) is 1.89. The summed E-state index contributed by atoms with van der Waals surface area (Å²) in [6, 6.07) is 3.25. The lowest BCUT2D eigenvalue weighted by Gasteiger charge is -2.12. The van der Waals surface area contributed by atoms with Crippen LogP contribution in [0.15, 0.2) is 30.7 Å². The lowest BCUT2D eigenvalue weighted by molar-refractivity contribution is 0.501. The molecule has 0 N–H and O–H groups in total. The smallest absolute Gasteiger partial charge is 0.189 e. The molecule has 2 heterocycles. The van der Waals surface area contributed by atoms with Gasteiger partial charge in [-0.05, 0) is 18.6 Å². The van der Waals surface area contributed by atoms with Crippen molar-refractivity contribution >= 4 is 20.4 Å². The van der Waals surface area contributed by atoms with Gasteiger partial charge in [0.05, 0.1) is 18.1 Å². The van der Waals surface area contributed by atoms with Crippen molar-refractivity contribution in [3.8, 4) is 0 Å². The van der Waals surface area contributed by atoms with E-state index in [1.165, 1.54) is 46.8 Å². The molecule has 10 nitrogen and oxygen atoms in total. The van der Waals surface area contributed by atoms with E-state index in [2.05, 4.69) is 10.2 Å². The first-order valence-corrected chi connectivity index (χ1v) is 9.73. The first kappa shape index (κ1) is 20.3. The molecule has 2 aromatic rings. The van der Waals surface area contributed by atoms with Crippen LogP contribution in [0.4, 0.5) is 0 Å². The van der Waals surface area contributed by atoms with Gasteiger partial charge in [-0.25, -0.2) is 0 Å². The fourth-order valence-corrected chi connectivity index (χ4v) is 3.19. The van der Waals surface area contributed by atoms with Crippen LogP contribution in [0, 0.1) is 0 Å². The van der Waals surface area contributed by atoms with Crippen molar-refractivity contribution in [2.45, 2.75) is 13.3 Å². The van der Waals surface area contributed by atoms with Gasteiger partial charge in [0.15, 0.2) is 0 Å². The Bertz CT molecular complexity index is 838. The molecule has 24 heavy (non-hydrogen) atoms. The highest BCUT2D eigenvalue weighted by Crippen LogP contribution is 2.06. The van der Waals surface area contributed by atoms with E-state index >= 15 is 0 Å². The fourth-order valence-electron chi connectivity index (χ4n) is 1.49. The van der Waals surface area contributed by atoms with Crippen LogP contribution in [0.3, 0.4) is 0 Å². The van der Waals surface area contributed by atoms with Gasteiger partial charge < -0.3 is 0 Å². The predicted octanol–water partition coefficient (Wildman–Crippen LogP) is -0.362. The molecule has 0 aliphatic carbocycles. The van der Waals surface area contributed by atoms with Gasteiger partial charge in [0.1, 0.15) is 0 Å². The molecule has 12 heteroatoms. The Morgan fingerprint density at radius 1 is 0.958 bits per heavy atom. The van der Waals surface area contributed by atoms with E-state index in [0.29, 0.717) is 12.1 Å². The zero-order valence-electron chi connectivity index (χ0n) is 14.2. The molecular formula is C12H22N6O4S2. The molecule has 136 valence electrons. The van der Waals surface area contributed by atoms with Gasteiger partial charge >= 0.3 is 20.4 Å². The van der Waals surface area contributed by atoms with Crippen molar-refractivity contribution in [1.82, 2.24) is 27.0 Å². The molecule has 0 bridgehead atoms. The Morgan fingerprint density at radius 2 is 1.54 bits per heavy atom. The summed E-state index contributed by atoms with van der Waals surface area (Å²) in [7, 11) is -0.956. The Balaban J connectivity index is 0.000000243. The van der Waals surface area contributed by atoms with Crippen molar-refractivity contribution in [1.29, 1.82) is 0 Å². The summed E-state index contributed by atoms with van der Waals surface area (Å²) in [6.07, 6.45) is 4.93. The van der Waals surface area contributed by atoms with Gasteiger partial charge in [0.25, 0.3) is 0 Å². The third kappa shape index (κ3) is 4.41. The standard InChI is InChI=1S/C7H13N3O2S.C5H9N3O2S/c1-4-7-5-6-8-10(7)13(11,12)9(2)3;1-7(2)11(9,10)8-5-3-4-6-8/h5-6H,4H2,1-3H3;3-5H,1-2H3. The van der Waals surface area contributed by atoms with Crippen LogP contribution in [0.2, 0.25) is 0 Å². The van der Waals surface area contributed by atoms with E-state index < -0.39 is 20.4 Å². The third-order valence-corrected chi connectivity index (χ3v) is 6.20. The van der Waals surface area contributed by atoms with E-state index in [9.17, 15) is 16.8 Å². The zero-order chi connectivity index (χ0) is 18.5. The summed E-state index contributed by atoms with van der Waals surface area (Å²) in [5.41, 5.74) is 0.689. The van der Waals surface area contributed by atoms with Gasteiger partial charge in [0.2, 0.25) is 0 Å². The van der Waals surface area contributed by atoms with Crippen LogP contribution in [-0.2, 0) is 26.8 Å². The molecule has 0 aliphatic heterocycles. The maximum absolute atomic E-state index is 11.6. The normalized spacial score (nSPS) is 12.3. The number of aryl methyl sites for hydroxylation is 1. The van der Waals surface area contributed by atoms with Crippen LogP contribution >= 0.6 is 0 Å². The van der Waals surface area contributed by atoms with Crippen molar-refractivity contribution in [2.75, 3.05) is 28.2 Å². The first-order valence-electron chi connectivity index (χ1n) is 6.93. The Kier molecular flexibility index (Phi) is 6.66. The molecule has 0 saturated carbocycles. The molecule has 0 unspecified atom stereocenters. The summed E-state index contributed by atoms with van der Waals surface area (Å²) in [4.78, 5) is 0. The van der Waals surface area contributed by atoms with Crippen molar-refractivity contribution in [2.24, 2.45) is 0 Å². The molecule has 0 aliphatic rings. The Morgan fingerprint density at radius 3 is 1.96 bits per heavy atom. The van der Waals surface area contributed by atoms with Crippen LogP contribution in [-0.4, -0.2) is 72.0 Å². The highest BCUT2D eigenvalue weighted by molar-refractivity contribution is 7.87. The van der Waals surface area contributed by atoms with Gasteiger partial charge in [-0.15, -0.1) is 4.09 Å². The Hall–Kier alpha value is -1.76. The largest absolute Gasteiger partial charge is 0.322 e. The molecule has 2 rings (SSSR count). The zero-order valence-corrected chi connectivity index (χ0v) is 15.9. The monoisotopic (exact) mass is 378 g/mol. The molecule has 0 radical (unpaired) electrons. The van der Waals surface area contributed by atoms with Crippen LogP contribution in [0.5, 0.6) is 0 Å². The van der Waals surface area contributed by atoms with Gasteiger partial charge in [-0.1, -0.05) is 6.92 Å². The lowest BCUT2D eigenvalue weighted by Crippen LogP contribution is -2.30. The second kappa shape index (κ2) is 7.88. The van der Waals surface area contributed by atoms with E-state index in [4.69, 9.17) is 0 Å². The molecule has 0 saturated heterocycles. The molecule has 0 fully saturated rings. The van der Waals surface area contributed by atoms with Crippen molar-refractivity contribution < 1.29 is 16.8 Å². The average Bonchev–Trinajstić information content (AvgIpc) is 3.19. The summed E-state index contributed by atoms with van der Waals surface area (Å²) in [5.74, 6) is 0. The number of hydrogen-bond acceptors (Lipinski definition) is 6. The average molecular weight is 378 g/mol. The molecular weight excluding hydrogens is 356 g/mol. The summed E-state index contributed by atoms with van der Waals surface area (Å²) >= 11 is 0. The maximum Gasteiger partial charge on any atom is 0.322 e. The number of rotatable bonds is 5. The van der Waals surface area contributed by atoms with Gasteiger partial charge in [0, 0.05) is 34.4 Å². The highest BCUT2D eigenvalue weighted by Gasteiger charge is 2.19. The number of nitrogens with zero attached hydrogens (tertiary/aromatic N) is 6. The molecule has 2 aromatic heterocycles. The van der Waals surface area contributed by atoms with Crippen molar-refractivity contribution in [3.63, 3.8) is 0 Å². The van der Waals surface area contributed by atoms with Crippen LogP contribution in [0.25, 0.3) is 0 Å². The SMILES string of the molecule is CCc1ccnn1S(=O)(=O)N(C)C.CN(C)S(=O)(=O)n1cccn1. The molecule has 0 amide bonds. The Labute approximate surface area is 142 Å². The van der Waals surface area contributed by atoms with Gasteiger partial charge in [-0.2, -0.15) is 39.7 Å². The molecule has 0 atom stereocenters. The second-order valence-corrected chi connectivity index (χ2v) is 8.95. The minimum Gasteiger partial charge on any atom is -0.189 e. The number of hydrogen-bond donors (Lipinski definition) is 0. The molecule has 0 spiro atoms. The quantitative estimate of drug-likeness (QED) is 0.702. The minimum atomic E-state index is -3.44. The summed E-state index contributed by atoms with van der Waals surface area (Å²) < 4.78 is 49.8. The number of aromatic nitrogens is 4. The third-order valence-electron chi connectivity index (χ3n) is 2.90.